The van der Waals surface area contributed by atoms with Gasteiger partial charge >= 0.3 is 0 Å². The first-order valence-electron chi connectivity index (χ1n) is 7.60. The van der Waals surface area contributed by atoms with Gasteiger partial charge in [0, 0.05) is 37.6 Å². The number of anilines is 1. The van der Waals surface area contributed by atoms with Gasteiger partial charge < -0.3 is 10.2 Å². The molecule has 1 fully saturated rings. The lowest BCUT2D eigenvalue weighted by Crippen LogP contribution is -2.26. The highest BCUT2D eigenvalue weighted by molar-refractivity contribution is 5.30. The normalized spacial score (nSPS) is 20.3. The first-order chi connectivity index (χ1) is 9.33. The Balaban J connectivity index is 1.93. The van der Waals surface area contributed by atoms with Gasteiger partial charge in [-0.2, -0.15) is 0 Å². The number of rotatable bonds is 5. The predicted molar refractivity (Wildman–Crippen MR) is 79.3 cm³/mol. The monoisotopic (exact) mass is 262 g/mol. The molecule has 0 radical (unpaired) electrons. The van der Waals surface area contributed by atoms with Gasteiger partial charge in [-0.15, -0.1) is 0 Å². The zero-order valence-electron chi connectivity index (χ0n) is 12.2. The van der Waals surface area contributed by atoms with E-state index in [1.165, 1.54) is 25.7 Å². The minimum atomic E-state index is 0.856. The number of hydrogen-bond acceptors (Lipinski definition) is 4. The molecule has 1 atom stereocenters. The van der Waals surface area contributed by atoms with E-state index in [2.05, 4.69) is 34.0 Å². The molecule has 106 valence electrons. The van der Waals surface area contributed by atoms with Crippen molar-refractivity contribution in [2.45, 2.75) is 46.1 Å². The predicted octanol–water partition coefficient (Wildman–Crippen LogP) is 2.60. The molecule has 4 nitrogen and oxygen atoms in total. The van der Waals surface area contributed by atoms with Crippen LogP contribution in [0, 0.1) is 5.92 Å². The molecule has 1 aromatic rings. The smallest absolute Gasteiger partial charge is 0.225 e. The van der Waals surface area contributed by atoms with Gasteiger partial charge in [0.2, 0.25) is 5.95 Å². The van der Waals surface area contributed by atoms with Crippen molar-refractivity contribution < 1.29 is 0 Å². The first-order valence-corrected chi connectivity index (χ1v) is 7.60. The van der Waals surface area contributed by atoms with E-state index in [4.69, 9.17) is 0 Å². The number of nitrogens with zero attached hydrogens (tertiary/aromatic N) is 3. The second-order valence-corrected chi connectivity index (χ2v) is 5.36. The van der Waals surface area contributed by atoms with Gasteiger partial charge in [0.25, 0.3) is 0 Å². The van der Waals surface area contributed by atoms with Crippen molar-refractivity contribution in [1.82, 2.24) is 15.3 Å². The van der Waals surface area contributed by atoms with Crippen LogP contribution in [0.3, 0.4) is 0 Å². The van der Waals surface area contributed by atoms with E-state index in [1.807, 2.05) is 12.4 Å². The summed E-state index contributed by atoms with van der Waals surface area (Å²) >= 11 is 0. The van der Waals surface area contributed by atoms with Crippen molar-refractivity contribution in [3.05, 3.63) is 18.0 Å². The average Bonchev–Trinajstić information content (AvgIpc) is 2.71. The minimum absolute atomic E-state index is 0.856. The standard InChI is InChI=1S/C15H26N4/c1-3-13-6-5-8-19(9-7-13)15-17-11-14(12-18-15)10-16-4-2/h11-13,16H,3-10H2,1-2H3. The summed E-state index contributed by atoms with van der Waals surface area (Å²) in [5, 5.41) is 3.29. The molecule has 1 aliphatic rings. The van der Waals surface area contributed by atoms with Crippen LogP contribution in [0.15, 0.2) is 12.4 Å². The maximum absolute atomic E-state index is 4.52. The molecule has 1 unspecified atom stereocenters. The molecule has 1 saturated heterocycles. The van der Waals surface area contributed by atoms with E-state index in [0.717, 1.165) is 43.6 Å². The maximum atomic E-state index is 4.52. The molecule has 0 saturated carbocycles. The molecular weight excluding hydrogens is 236 g/mol. The van der Waals surface area contributed by atoms with Gasteiger partial charge in [0.1, 0.15) is 0 Å². The molecule has 0 amide bonds. The Morgan fingerprint density at radius 3 is 2.68 bits per heavy atom. The number of hydrogen-bond donors (Lipinski definition) is 1. The van der Waals surface area contributed by atoms with Crippen LogP contribution in [0.25, 0.3) is 0 Å². The third kappa shape index (κ3) is 4.16. The van der Waals surface area contributed by atoms with Crippen LogP contribution >= 0.6 is 0 Å². The van der Waals surface area contributed by atoms with Gasteiger partial charge in [-0.05, 0) is 31.7 Å². The molecule has 0 aliphatic carbocycles. The van der Waals surface area contributed by atoms with Crippen molar-refractivity contribution in [2.75, 3.05) is 24.5 Å². The van der Waals surface area contributed by atoms with Crippen molar-refractivity contribution in [1.29, 1.82) is 0 Å². The Hall–Kier alpha value is -1.16. The summed E-state index contributed by atoms with van der Waals surface area (Å²) in [6.07, 6.45) is 9.10. The molecule has 4 heteroatoms. The van der Waals surface area contributed by atoms with Crippen molar-refractivity contribution in [2.24, 2.45) is 5.92 Å². The van der Waals surface area contributed by atoms with E-state index in [9.17, 15) is 0 Å². The summed E-state index contributed by atoms with van der Waals surface area (Å²) in [5.41, 5.74) is 1.16. The molecule has 0 bridgehead atoms. The van der Waals surface area contributed by atoms with E-state index < -0.39 is 0 Å². The fourth-order valence-electron chi connectivity index (χ4n) is 2.65. The van der Waals surface area contributed by atoms with Crippen LogP contribution in [0.2, 0.25) is 0 Å². The quantitative estimate of drug-likeness (QED) is 0.885. The van der Waals surface area contributed by atoms with Crippen molar-refractivity contribution in [3.8, 4) is 0 Å². The summed E-state index contributed by atoms with van der Waals surface area (Å²) in [6, 6.07) is 0. The molecule has 0 aromatic carbocycles. The van der Waals surface area contributed by atoms with Gasteiger partial charge in [0.15, 0.2) is 0 Å². The summed E-state index contributed by atoms with van der Waals surface area (Å²) in [5.74, 6) is 1.79. The van der Waals surface area contributed by atoms with Crippen molar-refractivity contribution >= 4 is 5.95 Å². The fraction of sp³-hybridized carbons (Fsp3) is 0.733. The van der Waals surface area contributed by atoms with Gasteiger partial charge in [-0.1, -0.05) is 20.3 Å². The average molecular weight is 262 g/mol. The lowest BCUT2D eigenvalue weighted by atomic mass is 9.98. The summed E-state index contributed by atoms with van der Waals surface area (Å²) in [7, 11) is 0. The lowest BCUT2D eigenvalue weighted by molar-refractivity contribution is 0.459. The number of nitrogens with one attached hydrogen (secondary N) is 1. The maximum Gasteiger partial charge on any atom is 0.225 e. The zero-order valence-corrected chi connectivity index (χ0v) is 12.2. The Kier molecular flexibility index (Phi) is 5.58. The first kappa shape index (κ1) is 14.3. The Morgan fingerprint density at radius 1 is 1.21 bits per heavy atom. The largest absolute Gasteiger partial charge is 0.341 e. The van der Waals surface area contributed by atoms with Gasteiger partial charge in [0.05, 0.1) is 0 Å². The van der Waals surface area contributed by atoms with Crippen LogP contribution < -0.4 is 10.2 Å². The van der Waals surface area contributed by atoms with Crippen LogP contribution in [0.5, 0.6) is 0 Å². The van der Waals surface area contributed by atoms with Crippen LogP contribution in [0.1, 0.15) is 45.1 Å². The topological polar surface area (TPSA) is 41.1 Å². The molecule has 2 rings (SSSR count). The molecule has 1 aliphatic heterocycles. The van der Waals surface area contributed by atoms with Gasteiger partial charge in [-0.25, -0.2) is 9.97 Å². The molecular formula is C15H26N4. The van der Waals surface area contributed by atoms with Crippen LogP contribution in [-0.2, 0) is 6.54 Å². The second-order valence-electron chi connectivity index (χ2n) is 5.36. The Morgan fingerprint density at radius 2 is 2.00 bits per heavy atom. The van der Waals surface area contributed by atoms with Crippen LogP contribution in [0.4, 0.5) is 5.95 Å². The summed E-state index contributed by atoms with van der Waals surface area (Å²) < 4.78 is 0. The summed E-state index contributed by atoms with van der Waals surface area (Å²) in [6.45, 7) is 8.44. The Labute approximate surface area is 116 Å². The molecule has 19 heavy (non-hydrogen) atoms. The molecule has 2 heterocycles. The molecule has 1 aromatic heterocycles. The highest BCUT2D eigenvalue weighted by Crippen LogP contribution is 2.22. The van der Waals surface area contributed by atoms with E-state index in [-0.39, 0.29) is 0 Å². The third-order valence-electron chi connectivity index (χ3n) is 3.98. The fourth-order valence-corrected chi connectivity index (χ4v) is 2.65. The highest BCUT2D eigenvalue weighted by atomic mass is 15.2. The summed E-state index contributed by atoms with van der Waals surface area (Å²) in [4.78, 5) is 11.4. The zero-order chi connectivity index (χ0) is 13.5. The SMILES string of the molecule is CCNCc1cnc(N2CCCC(CC)CC2)nc1. The lowest BCUT2D eigenvalue weighted by Gasteiger charge is -2.20. The minimum Gasteiger partial charge on any atom is -0.341 e. The number of aromatic nitrogens is 2. The van der Waals surface area contributed by atoms with Crippen molar-refractivity contribution in [3.63, 3.8) is 0 Å². The third-order valence-corrected chi connectivity index (χ3v) is 3.98. The van der Waals surface area contributed by atoms with Gasteiger partial charge in [-0.3, -0.25) is 0 Å². The second kappa shape index (κ2) is 7.43. The van der Waals surface area contributed by atoms with E-state index in [0.29, 0.717) is 0 Å². The van der Waals surface area contributed by atoms with Crippen LogP contribution in [-0.4, -0.2) is 29.6 Å². The highest BCUT2D eigenvalue weighted by Gasteiger charge is 2.17. The molecule has 1 N–H and O–H groups in total. The Bertz CT molecular complexity index is 363. The molecule has 0 spiro atoms. The van der Waals surface area contributed by atoms with E-state index >= 15 is 0 Å². The van der Waals surface area contributed by atoms with E-state index in [1.54, 1.807) is 0 Å².